The summed E-state index contributed by atoms with van der Waals surface area (Å²) in [5.41, 5.74) is 0. The fourth-order valence-corrected chi connectivity index (χ4v) is 1.47. The number of aliphatic hydroxyl groups is 1. The number of amides is 1. The van der Waals surface area contributed by atoms with Crippen molar-refractivity contribution in [3.8, 4) is 0 Å². The van der Waals surface area contributed by atoms with Crippen LogP contribution in [0.3, 0.4) is 0 Å². The largest absolute Gasteiger partial charge is 0.395 e. The lowest BCUT2D eigenvalue weighted by Crippen LogP contribution is -2.34. The number of aryl methyl sites for hydroxylation is 1. The Balaban J connectivity index is 2.36. The fraction of sp³-hybridized carbons (Fsp3) is 0.700. The van der Waals surface area contributed by atoms with Crippen LogP contribution < -0.4 is 0 Å². The number of carbonyl (C=O) groups is 1. The summed E-state index contributed by atoms with van der Waals surface area (Å²) in [7, 11) is 0. The van der Waals surface area contributed by atoms with Crippen molar-refractivity contribution in [2.24, 2.45) is 0 Å². The van der Waals surface area contributed by atoms with E-state index in [4.69, 9.17) is 5.11 Å². The van der Waals surface area contributed by atoms with Crippen molar-refractivity contribution in [3.05, 3.63) is 12.7 Å². The maximum absolute atomic E-state index is 11.8. The molecule has 1 heterocycles. The highest BCUT2D eigenvalue weighted by molar-refractivity contribution is 5.76. The Morgan fingerprint density at radius 3 is 2.88 bits per heavy atom. The molecule has 0 aliphatic heterocycles. The third kappa shape index (κ3) is 3.98. The molecule has 1 amide bonds. The summed E-state index contributed by atoms with van der Waals surface area (Å²) in [6.45, 7) is 3.65. The molecule has 0 atom stereocenters. The van der Waals surface area contributed by atoms with Gasteiger partial charge in [-0.25, -0.2) is 4.98 Å². The van der Waals surface area contributed by atoms with Gasteiger partial charge in [0.05, 0.1) is 13.2 Å². The molecule has 90 valence electrons. The maximum Gasteiger partial charge on any atom is 0.224 e. The molecule has 0 spiro atoms. The molecule has 1 rings (SSSR count). The van der Waals surface area contributed by atoms with E-state index in [1.807, 2.05) is 6.92 Å². The number of hydrogen-bond acceptors (Lipinski definition) is 4. The highest BCUT2D eigenvalue weighted by atomic mass is 16.3. The smallest absolute Gasteiger partial charge is 0.224 e. The summed E-state index contributed by atoms with van der Waals surface area (Å²) in [4.78, 5) is 17.3. The molecule has 0 aliphatic rings. The van der Waals surface area contributed by atoms with Crippen LogP contribution >= 0.6 is 0 Å². The van der Waals surface area contributed by atoms with E-state index in [1.165, 1.54) is 6.33 Å². The minimum Gasteiger partial charge on any atom is -0.395 e. The van der Waals surface area contributed by atoms with Gasteiger partial charge in [0, 0.05) is 19.5 Å². The van der Waals surface area contributed by atoms with Crippen LogP contribution in [0.4, 0.5) is 0 Å². The van der Waals surface area contributed by atoms with Gasteiger partial charge in [-0.1, -0.05) is 6.92 Å². The second-order valence-corrected chi connectivity index (χ2v) is 3.51. The zero-order chi connectivity index (χ0) is 11.8. The monoisotopic (exact) mass is 226 g/mol. The van der Waals surface area contributed by atoms with Crippen molar-refractivity contribution in [1.29, 1.82) is 0 Å². The lowest BCUT2D eigenvalue weighted by Gasteiger charge is -2.20. The normalized spacial score (nSPS) is 10.4. The molecule has 1 aromatic rings. The van der Waals surface area contributed by atoms with E-state index in [0.29, 0.717) is 26.1 Å². The average Bonchev–Trinajstić information content (AvgIpc) is 2.78. The second-order valence-electron chi connectivity index (χ2n) is 3.51. The zero-order valence-corrected chi connectivity index (χ0v) is 9.54. The van der Waals surface area contributed by atoms with Crippen LogP contribution in [-0.2, 0) is 11.3 Å². The second kappa shape index (κ2) is 6.95. The van der Waals surface area contributed by atoms with Gasteiger partial charge in [0.25, 0.3) is 0 Å². The van der Waals surface area contributed by atoms with Gasteiger partial charge in [-0.2, -0.15) is 5.10 Å². The lowest BCUT2D eigenvalue weighted by molar-refractivity contribution is -0.132. The van der Waals surface area contributed by atoms with Crippen LogP contribution in [0.15, 0.2) is 12.7 Å². The Labute approximate surface area is 94.9 Å². The number of carbonyl (C=O) groups excluding carboxylic acids is 1. The SMILES string of the molecule is CCCN(CCO)C(=O)CCn1cncn1. The molecule has 1 aromatic heterocycles. The average molecular weight is 226 g/mol. The van der Waals surface area contributed by atoms with Crippen molar-refractivity contribution in [1.82, 2.24) is 19.7 Å². The standard InChI is InChI=1S/C10H18N4O2/c1-2-4-13(6-7-15)10(16)3-5-14-9-11-8-12-14/h8-9,15H,2-7H2,1H3. The minimum absolute atomic E-state index is 0.00899. The summed E-state index contributed by atoms with van der Waals surface area (Å²) >= 11 is 0. The van der Waals surface area contributed by atoms with Gasteiger partial charge in [0.15, 0.2) is 0 Å². The van der Waals surface area contributed by atoms with E-state index in [1.54, 1.807) is 15.9 Å². The molecule has 0 radical (unpaired) electrons. The van der Waals surface area contributed by atoms with E-state index in [9.17, 15) is 4.79 Å². The van der Waals surface area contributed by atoms with Crippen molar-refractivity contribution in [2.45, 2.75) is 26.3 Å². The molecular weight excluding hydrogens is 208 g/mol. The molecule has 0 unspecified atom stereocenters. The van der Waals surface area contributed by atoms with E-state index in [2.05, 4.69) is 10.1 Å². The molecule has 6 nitrogen and oxygen atoms in total. The molecule has 0 saturated heterocycles. The lowest BCUT2D eigenvalue weighted by atomic mass is 10.3. The summed E-state index contributed by atoms with van der Waals surface area (Å²) in [5, 5.41) is 12.8. The van der Waals surface area contributed by atoms with Crippen molar-refractivity contribution in [2.75, 3.05) is 19.7 Å². The highest BCUT2D eigenvalue weighted by Gasteiger charge is 2.11. The molecule has 0 fully saturated rings. The number of hydrogen-bond donors (Lipinski definition) is 1. The molecule has 0 saturated carbocycles. The Hall–Kier alpha value is -1.43. The van der Waals surface area contributed by atoms with Gasteiger partial charge >= 0.3 is 0 Å². The Morgan fingerprint density at radius 1 is 1.50 bits per heavy atom. The predicted molar refractivity (Wildman–Crippen MR) is 58.6 cm³/mol. The first-order chi connectivity index (χ1) is 7.77. The van der Waals surface area contributed by atoms with Crippen LogP contribution in [0, 0.1) is 0 Å². The van der Waals surface area contributed by atoms with Crippen LogP contribution in [0.1, 0.15) is 19.8 Å². The van der Waals surface area contributed by atoms with E-state index in [-0.39, 0.29) is 12.5 Å². The number of nitrogens with zero attached hydrogens (tertiary/aromatic N) is 4. The fourth-order valence-electron chi connectivity index (χ4n) is 1.47. The predicted octanol–water partition coefficient (Wildman–Crippen LogP) is -0.101. The number of rotatable bonds is 7. The molecule has 16 heavy (non-hydrogen) atoms. The molecule has 0 aromatic carbocycles. The first kappa shape index (κ1) is 12.6. The minimum atomic E-state index is 0.00899. The van der Waals surface area contributed by atoms with E-state index < -0.39 is 0 Å². The van der Waals surface area contributed by atoms with Gasteiger partial charge in [-0.15, -0.1) is 0 Å². The van der Waals surface area contributed by atoms with Crippen molar-refractivity contribution < 1.29 is 9.90 Å². The van der Waals surface area contributed by atoms with Crippen LogP contribution in [0.2, 0.25) is 0 Å². The number of aromatic nitrogens is 3. The Bertz CT molecular complexity index is 294. The van der Waals surface area contributed by atoms with Gasteiger partial charge in [-0.05, 0) is 6.42 Å². The number of aliphatic hydroxyl groups excluding tert-OH is 1. The van der Waals surface area contributed by atoms with Crippen molar-refractivity contribution in [3.63, 3.8) is 0 Å². The third-order valence-corrected chi connectivity index (χ3v) is 2.24. The van der Waals surface area contributed by atoms with Gasteiger partial charge in [0.1, 0.15) is 12.7 Å². The molecule has 6 heteroatoms. The summed E-state index contributed by atoms with van der Waals surface area (Å²) in [6, 6.07) is 0. The Morgan fingerprint density at radius 2 is 2.31 bits per heavy atom. The summed E-state index contributed by atoms with van der Waals surface area (Å²) in [6.07, 6.45) is 4.32. The third-order valence-electron chi connectivity index (χ3n) is 2.24. The first-order valence-electron chi connectivity index (χ1n) is 5.49. The van der Waals surface area contributed by atoms with E-state index >= 15 is 0 Å². The van der Waals surface area contributed by atoms with Gasteiger partial charge < -0.3 is 10.0 Å². The van der Waals surface area contributed by atoms with Crippen LogP contribution in [0.5, 0.6) is 0 Å². The topological polar surface area (TPSA) is 71.2 Å². The van der Waals surface area contributed by atoms with Crippen LogP contribution in [-0.4, -0.2) is 50.4 Å². The summed E-state index contributed by atoms with van der Waals surface area (Å²) in [5.74, 6) is 0.0476. The van der Waals surface area contributed by atoms with Crippen molar-refractivity contribution >= 4 is 5.91 Å². The van der Waals surface area contributed by atoms with Gasteiger partial charge in [-0.3, -0.25) is 9.48 Å². The molecule has 1 N–H and O–H groups in total. The Kier molecular flexibility index (Phi) is 5.49. The maximum atomic E-state index is 11.8. The first-order valence-corrected chi connectivity index (χ1v) is 5.49. The van der Waals surface area contributed by atoms with Gasteiger partial charge in [0.2, 0.25) is 5.91 Å². The molecule has 0 aliphatic carbocycles. The molecule has 0 bridgehead atoms. The van der Waals surface area contributed by atoms with E-state index in [0.717, 1.165) is 6.42 Å². The summed E-state index contributed by atoms with van der Waals surface area (Å²) < 4.78 is 1.63. The zero-order valence-electron chi connectivity index (χ0n) is 9.54. The molecular formula is C10H18N4O2. The quantitative estimate of drug-likeness (QED) is 0.704. The van der Waals surface area contributed by atoms with Crippen LogP contribution in [0.25, 0.3) is 0 Å². The highest BCUT2D eigenvalue weighted by Crippen LogP contribution is 1.98.